The van der Waals surface area contributed by atoms with E-state index in [2.05, 4.69) is 0 Å². The van der Waals surface area contributed by atoms with Crippen LogP contribution in [0.4, 0.5) is 0 Å². The molecule has 1 aliphatic rings. The first-order chi connectivity index (χ1) is 8.45. The van der Waals surface area contributed by atoms with Crippen molar-refractivity contribution in [3.8, 4) is 0 Å². The highest BCUT2D eigenvalue weighted by molar-refractivity contribution is 5.09. The summed E-state index contributed by atoms with van der Waals surface area (Å²) in [6.45, 7) is 1.48. The summed E-state index contributed by atoms with van der Waals surface area (Å²) in [5, 5.41) is 28.0. The van der Waals surface area contributed by atoms with E-state index in [4.69, 9.17) is 9.84 Å². The quantitative estimate of drug-likeness (QED) is 0.453. The van der Waals surface area contributed by atoms with Gasteiger partial charge in [0.25, 0.3) is 5.56 Å². The lowest BCUT2D eigenvalue weighted by atomic mass is 10.2. The Bertz CT molecular complexity index is 601. The molecule has 0 aliphatic carbocycles. The summed E-state index contributed by atoms with van der Waals surface area (Å²) in [4.78, 5) is 24.8. The molecule has 0 aromatic carbocycles. The van der Waals surface area contributed by atoms with Gasteiger partial charge in [-0.25, -0.2) is 4.79 Å². The van der Waals surface area contributed by atoms with E-state index in [9.17, 15) is 19.8 Å². The molecule has 0 spiro atoms. The molecule has 1 aromatic rings. The summed E-state index contributed by atoms with van der Waals surface area (Å²) in [7, 11) is 0. The lowest BCUT2D eigenvalue weighted by Gasteiger charge is -2.16. The van der Waals surface area contributed by atoms with Gasteiger partial charge in [-0.05, 0) is 6.92 Å². The number of aliphatic hydroxyl groups is 3. The Morgan fingerprint density at radius 1 is 1.44 bits per heavy atom. The van der Waals surface area contributed by atoms with E-state index in [1.165, 1.54) is 13.1 Å². The van der Waals surface area contributed by atoms with Crippen LogP contribution in [0.3, 0.4) is 0 Å². The van der Waals surface area contributed by atoms with Crippen molar-refractivity contribution < 1.29 is 20.1 Å². The van der Waals surface area contributed by atoms with Crippen molar-refractivity contribution in [1.29, 1.82) is 0 Å². The summed E-state index contributed by atoms with van der Waals surface area (Å²) in [5.41, 5.74) is -1.07. The van der Waals surface area contributed by atoms with Gasteiger partial charge in [-0.1, -0.05) is 0 Å². The standard InChI is InChI=1S/C10H12N2O6/c1-4-2-12(10(17)11-8(4)16)9-7(15)6(14)5(3-13)18-9/h2-3,6-7,9,13-15H,1H3,(H,11,16,17)/t6?,7?,9-/m1/s1. The minimum absolute atomic E-state index is 0.247. The molecule has 2 heterocycles. The van der Waals surface area contributed by atoms with E-state index in [-0.39, 0.29) is 11.3 Å². The van der Waals surface area contributed by atoms with Gasteiger partial charge in [0.1, 0.15) is 18.5 Å². The topological polar surface area (TPSA) is 125 Å². The van der Waals surface area contributed by atoms with Crippen LogP contribution in [0, 0.1) is 6.92 Å². The molecule has 1 fully saturated rings. The second kappa shape index (κ2) is 4.31. The maximum atomic E-state index is 11.6. The van der Waals surface area contributed by atoms with E-state index in [0.717, 1.165) is 4.57 Å². The minimum Gasteiger partial charge on any atom is -0.512 e. The zero-order valence-corrected chi connectivity index (χ0v) is 9.40. The fourth-order valence-electron chi connectivity index (χ4n) is 1.71. The Morgan fingerprint density at radius 3 is 2.67 bits per heavy atom. The molecule has 8 nitrogen and oxygen atoms in total. The minimum atomic E-state index is -1.43. The molecular formula is C10H12N2O6. The molecule has 2 unspecified atom stereocenters. The van der Waals surface area contributed by atoms with Gasteiger partial charge in [0.05, 0.1) is 0 Å². The number of nitrogens with one attached hydrogen (secondary N) is 1. The third-order valence-electron chi connectivity index (χ3n) is 2.71. The van der Waals surface area contributed by atoms with Gasteiger partial charge in [-0.2, -0.15) is 0 Å². The smallest absolute Gasteiger partial charge is 0.331 e. The molecule has 18 heavy (non-hydrogen) atoms. The van der Waals surface area contributed by atoms with E-state index in [0.29, 0.717) is 6.26 Å². The molecule has 0 saturated carbocycles. The van der Waals surface area contributed by atoms with Gasteiger partial charge in [0.15, 0.2) is 5.76 Å². The third kappa shape index (κ3) is 1.81. The fourth-order valence-corrected chi connectivity index (χ4v) is 1.71. The molecule has 0 bridgehead atoms. The van der Waals surface area contributed by atoms with Crippen LogP contribution in [-0.4, -0.2) is 37.1 Å². The first-order valence-corrected chi connectivity index (χ1v) is 5.15. The SMILES string of the molecule is Cc1cn([C@@H]2OC(=CO)C(O)C2O)c(=O)[nH]c1=O. The number of ether oxygens (including phenoxy) is 1. The highest BCUT2D eigenvalue weighted by Crippen LogP contribution is 2.30. The second-order valence-corrected chi connectivity index (χ2v) is 3.95. The molecule has 3 atom stereocenters. The maximum Gasteiger partial charge on any atom is 0.331 e. The van der Waals surface area contributed by atoms with Crippen LogP contribution in [0.5, 0.6) is 0 Å². The Labute approximate surface area is 100 Å². The number of hydrogen-bond acceptors (Lipinski definition) is 6. The maximum absolute atomic E-state index is 11.6. The molecular weight excluding hydrogens is 244 g/mol. The average molecular weight is 256 g/mol. The van der Waals surface area contributed by atoms with Gasteiger partial charge in [0, 0.05) is 11.8 Å². The number of hydrogen-bond donors (Lipinski definition) is 4. The predicted octanol–water partition coefficient (Wildman–Crippen LogP) is -1.50. The lowest BCUT2D eigenvalue weighted by molar-refractivity contribution is -0.0167. The van der Waals surface area contributed by atoms with Crippen molar-refractivity contribution in [3.05, 3.63) is 44.6 Å². The van der Waals surface area contributed by atoms with Crippen molar-refractivity contribution in [1.82, 2.24) is 9.55 Å². The van der Waals surface area contributed by atoms with Crippen LogP contribution in [0.25, 0.3) is 0 Å². The predicted molar refractivity (Wildman–Crippen MR) is 58.9 cm³/mol. The highest BCUT2D eigenvalue weighted by Gasteiger charge is 2.41. The van der Waals surface area contributed by atoms with Gasteiger partial charge in [0.2, 0.25) is 6.23 Å². The van der Waals surface area contributed by atoms with E-state index in [1.54, 1.807) is 0 Å². The zero-order valence-electron chi connectivity index (χ0n) is 9.40. The molecule has 0 amide bonds. The van der Waals surface area contributed by atoms with Crippen LogP contribution in [0.1, 0.15) is 11.8 Å². The van der Waals surface area contributed by atoms with E-state index in [1.807, 2.05) is 4.98 Å². The van der Waals surface area contributed by atoms with Gasteiger partial charge in [-0.15, -0.1) is 0 Å². The van der Waals surface area contributed by atoms with Crippen LogP contribution in [-0.2, 0) is 4.74 Å². The van der Waals surface area contributed by atoms with Crippen LogP contribution < -0.4 is 11.2 Å². The largest absolute Gasteiger partial charge is 0.512 e. The van der Waals surface area contributed by atoms with Crippen molar-refractivity contribution in [2.24, 2.45) is 0 Å². The van der Waals surface area contributed by atoms with Crippen LogP contribution >= 0.6 is 0 Å². The third-order valence-corrected chi connectivity index (χ3v) is 2.71. The normalized spacial score (nSPS) is 29.5. The number of rotatable bonds is 1. The molecule has 1 saturated heterocycles. The monoisotopic (exact) mass is 256 g/mol. The first kappa shape index (κ1) is 12.4. The second-order valence-electron chi connectivity index (χ2n) is 3.95. The van der Waals surface area contributed by atoms with Crippen molar-refractivity contribution >= 4 is 0 Å². The molecule has 98 valence electrons. The summed E-state index contributed by atoms with van der Waals surface area (Å²) >= 11 is 0. The van der Waals surface area contributed by atoms with Gasteiger partial charge >= 0.3 is 5.69 Å². The Hall–Kier alpha value is -2.06. The summed E-state index contributed by atoms with van der Waals surface area (Å²) < 4.78 is 5.99. The molecule has 0 radical (unpaired) electrons. The zero-order chi connectivity index (χ0) is 13.4. The Balaban J connectivity index is 2.48. The van der Waals surface area contributed by atoms with E-state index >= 15 is 0 Å². The highest BCUT2D eigenvalue weighted by atomic mass is 16.6. The summed E-state index contributed by atoms with van der Waals surface area (Å²) in [6, 6.07) is 0. The number of aromatic amines is 1. The number of aromatic nitrogens is 2. The molecule has 1 aromatic heterocycles. The van der Waals surface area contributed by atoms with Crippen molar-refractivity contribution in [2.45, 2.75) is 25.4 Å². The molecule has 8 heteroatoms. The van der Waals surface area contributed by atoms with Crippen molar-refractivity contribution in [3.63, 3.8) is 0 Å². The fraction of sp³-hybridized carbons (Fsp3) is 0.400. The van der Waals surface area contributed by atoms with Gasteiger partial charge < -0.3 is 20.1 Å². The lowest BCUT2D eigenvalue weighted by Crippen LogP contribution is -2.38. The summed E-state index contributed by atoms with van der Waals surface area (Å²) in [6.07, 6.45) is -2.34. The van der Waals surface area contributed by atoms with Crippen LogP contribution in [0.2, 0.25) is 0 Å². The molecule has 2 rings (SSSR count). The number of H-pyrrole nitrogens is 1. The van der Waals surface area contributed by atoms with Crippen LogP contribution in [0.15, 0.2) is 27.8 Å². The number of aliphatic hydroxyl groups excluding tert-OH is 3. The number of nitrogens with zero attached hydrogens (tertiary/aromatic N) is 1. The Kier molecular flexibility index (Phi) is 2.97. The molecule has 1 aliphatic heterocycles. The first-order valence-electron chi connectivity index (χ1n) is 5.15. The summed E-state index contributed by atoms with van der Waals surface area (Å²) in [5.74, 6) is -0.247. The number of aryl methyl sites for hydroxylation is 1. The Morgan fingerprint density at radius 2 is 2.11 bits per heavy atom. The molecule has 4 N–H and O–H groups in total. The van der Waals surface area contributed by atoms with E-state index < -0.39 is 29.7 Å². The average Bonchev–Trinajstić information content (AvgIpc) is 2.61. The van der Waals surface area contributed by atoms with Crippen molar-refractivity contribution in [2.75, 3.05) is 0 Å². The van der Waals surface area contributed by atoms with Gasteiger partial charge in [-0.3, -0.25) is 14.3 Å².